The lowest BCUT2D eigenvalue weighted by atomic mass is 9.95. The maximum absolute atomic E-state index is 12.9. The number of amides is 1. The van der Waals surface area contributed by atoms with E-state index >= 15 is 0 Å². The zero-order valence-corrected chi connectivity index (χ0v) is 14.7. The molecule has 2 aromatic carbocycles. The summed E-state index contributed by atoms with van der Waals surface area (Å²) in [5.41, 5.74) is 3.63. The normalized spacial score (nSPS) is 16.6. The van der Waals surface area contributed by atoms with Gasteiger partial charge in [-0.25, -0.2) is 0 Å². The van der Waals surface area contributed by atoms with Gasteiger partial charge in [-0.3, -0.25) is 9.59 Å². The van der Waals surface area contributed by atoms with E-state index in [1.807, 2.05) is 32.0 Å². The summed E-state index contributed by atoms with van der Waals surface area (Å²) in [6, 6.07) is 12.6. The maximum Gasteiger partial charge on any atom is 0.252 e. The van der Waals surface area contributed by atoms with Gasteiger partial charge in [0.05, 0.1) is 11.7 Å². The number of carbonyl (C=O) groups excluding carboxylic acids is 2. The molecule has 2 aromatic rings. The standard InChI is InChI=1S/C21H23NO3/c1-14-9-10-16(12-15(14)2)20(23)18-7-3-4-8-19(18)21(24)22-13-17-6-5-11-25-17/h3-4,7-10,12,17H,5-6,11,13H2,1-2H3,(H,22,24). The number of ketones is 1. The average molecular weight is 337 g/mol. The van der Waals surface area contributed by atoms with Gasteiger partial charge in [0, 0.05) is 24.3 Å². The van der Waals surface area contributed by atoms with Crippen LogP contribution in [0.2, 0.25) is 0 Å². The van der Waals surface area contributed by atoms with Crippen LogP contribution in [-0.2, 0) is 4.74 Å². The number of hydrogen-bond donors (Lipinski definition) is 1. The highest BCUT2D eigenvalue weighted by Gasteiger charge is 2.20. The first-order valence-electron chi connectivity index (χ1n) is 8.67. The lowest BCUT2D eigenvalue weighted by Crippen LogP contribution is -2.32. The minimum Gasteiger partial charge on any atom is -0.376 e. The van der Waals surface area contributed by atoms with E-state index in [2.05, 4.69) is 5.32 Å². The minimum absolute atomic E-state index is 0.0755. The molecule has 25 heavy (non-hydrogen) atoms. The van der Waals surface area contributed by atoms with Crippen LogP contribution in [0.1, 0.15) is 50.2 Å². The Bertz CT molecular complexity index is 791. The Labute approximate surface area is 148 Å². The topological polar surface area (TPSA) is 55.4 Å². The molecular weight excluding hydrogens is 314 g/mol. The van der Waals surface area contributed by atoms with Crippen molar-refractivity contribution in [2.45, 2.75) is 32.8 Å². The van der Waals surface area contributed by atoms with E-state index < -0.39 is 0 Å². The molecule has 1 fully saturated rings. The molecule has 4 nitrogen and oxygen atoms in total. The summed E-state index contributed by atoms with van der Waals surface area (Å²) in [5, 5.41) is 2.89. The fourth-order valence-corrected chi connectivity index (χ4v) is 3.02. The second kappa shape index (κ2) is 7.62. The Kier molecular flexibility index (Phi) is 5.29. The second-order valence-corrected chi connectivity index (χ2v) is 6.52. The third kappa shape index (κ3) is 3.97. The van der Waals surface area contributed by atoms with Gasteiger partial charge in [-0.15, -0.1) is 0 Å². The number of benzene rings is 2. The van der Waals surface area contributed by atoms with Crippen LogP contribution in [0.25, 0.3) is 0 Å². The molecule has 1 saturated heterocycles. The fourth-order valence-electron chi connectivity index (χ4n) is 3.02. The Hall–Kier alpha value is -2.46. The molecule has 1 amide bonds. The molecule has 3 rings (SSSR count). The molecule has 1 heterocycles. The van der Waals surface area contributed by atoms with E-state index in [1.165, 1.54) is 0 Å². The first-order valence-corrected chi connectivity index (χ1v) is 8.67. The van der Waals surface area contributed by atoms with E-state index in [1.54, 1.807) is 24.3 Å². The van der Waals surface area contributed by atoms with E-state index in [0.29, 0.717) is 23.2 Å². The summed E-state index contributed by atoms with van der Waals surface area (Å²) in [7, 11) is 0. The van der Waals surface area contributed by atoms with E-state index in [9.17, 15) is 9.59 Å². The van der Waals surface area contributed by atoms with E-state index in [0.717, 1.165) is 30.6 Å². The van der Waals surface area contributed by atoms with Crippen molar-refractivity contribution in [3.8, 4) is 0 Å². The van der Waals surface area contributed by atoms with Crippen molar-refractivity contribution in [3.63, 3.8) is 0 Å². The number of rotatable bonds is 5. The smallest absolute Gasteiger partial charge is 0.252 e. The molecule has 1 N–H and O–H groups in total. The predicted molar refractivity (Wildman–Crippen MR) is 97.1 cm³/mol. The molecular formula is C21H23NO3. The van der Waals surface area contributed by atoms with E-state index in [4.69, 9.17) is 4.74 Å². The second-order valence-electron chi connectivity index (χ2n) is 6.52. The molecule has 1 unspecified atom stereocenters. The number of carbonyl (C=O) groups is 2. The van der Waals surface area contributed by atoms with Gasteiger partial charge >= 0.3 is 0 Å². The highest BCUT2D eigenvalue weighted by Crippen LogP contribution is 2.18. The summed E-state index contributed by atoms with van der Waals surface area (Å²) in [5.74, 6) is -0.366. The average Bonchev–Trinajstić information content (AvgIpc) is 3.15. The molecule has 0 radical (unpaired) electrons. The van der Waals surface area contributed by atoms with Crippen LogP contribution < -0.4 is 5.32 Å². The van der Waals surface area contributed by atoms with Crippen molar-refractivity contribution < 1.29 is 14.3 Å². The van der Waals surface area contributed by atoms with Crippen LogP contribution in [-0.4, -0.2) is 30.9 Å². The van der Waals surface area contributed by atoms with Crippen LogP contribution >= 0.6 is 0 Å². The van der Waals surface area contributed by atoms with Crippen molar-refractivity contribution in [1.29, 1.82) is 0 Å². The van der Waals surface area contributed by atoms with Crippen molar-refractivity contribution in [2.75, 3.05) is 13.2 Å². The van der Waals surface area contributed by atoms with Gasteiger partial charge in [-0.1, -0.05) is 30.3 Å². The quantitative estimate of drug-likeness (QED) is 0.850. The molecule has 0 bridgehead atoms. The monoisotopic (exact) mass is 337 g/mol. The fraction of sp³-hybridized carbons (Fsp3) is 0.333. The van der Waals surface area contributed by atoms with E-state index in [-0.39, 0.29) is 17.8 Å². The first-order chi connectivity index (χ1) is 12.1. The minimum atomic E-state index is -0.233. The molecule has 130 valence electrons. The maximum atomic E-state index is 12.9. The van der Waals surface area contributed by atoms with Crippen LogP contribution in [0.15, 0.2) is 42.5 Å². The highest BCUT2D eigenvalue weighted by atomic mass is 16.5. The lowest BCUT2D eigenvalue weighted by molar-refractivity contribution is 0.0853. The third-order valence-electron chi connectivity index (χ3n) is 4.70. The van der Waals surface area contributed by atoms with Gasteiger partial charge in [-0.05, 0) is 49.9 Å². The van der Waals surface area contributed by atoms with Crippen LogP contribution in [0.3, 0.4) is 0 Å². The number of aryl methyl sites for hydroxylation is 2. The van der Waals surface area contributed by atoms with Gasteiger partial charge < -0.3 is 10.1 Å². The van der Waals surface area contributed by atoms with Crippen LogP contribution in [0, 0.1) is 13.8 Å². The molecule has 1 atom stereocenters. The molecule has 1 aliphatic rings. The summed E-state index contributed by atoms with van der Waals surface area (Å²) in [6.45, 7) is 5.22. The van der Waals surface area contributed by atoms with Crippen molar-refractivity contribution in [2.24, 2.45) is 0 Å². The number of hydrogen-bond acceptors (Lipinski definition) is 3. The third-order valence-corrected chi connectivity index (χ3v) is 4.70. The first kappa shape index (κ1) is 17.4. The number of ether oxygens (including phenoxy) is 1. The Balaban J connectivity index is 1.80. The van der Waals surface area contributed by atoms with Gasteiger partial charge in [0.15, 0.2) is 5.78 Å². The lowest BCUT2D eigenvalue weighted by Gasteiger charge is -2.13. The molecule has 0 aliphatic carbocycles. The highest BCUT2D eigenvalue weighted by molar-refractivity contribution is 6.15. The van der Waals surface area contributed by atoms with Crippen LogP contribution in [0.4, 0.5) is 0 Å². The molecule has 0 aromatic heterocycles. The van der Waals surface area contributed by atoms with Crippen molar-refractivity contribution >= 4 is 11.7 Å². The summed E-state index contributed by atoms with van der Waals surface area (Å²) >= 11 is 0. The summed E-state index contributed by atoms with van der Waals surface area (Å²) in [4.78, 5) is 25.5. The van der Waals surface area contributed by atoms with Gasteiger partial charge in [0.1, 0.15) is 0 Å². The molecule has 0 spiro atoms. The zero-order valence-electron chi connectivity index (χ0n) is 14.7. The van der Waals surface area contributed by atoms with Gasteiger partial charge in [0.2, 0.25) is 0 Å². The zero-order chi connectivity index (χ0) is 17.8. The summed E-state index contributed by atoms with van der Waals surface area (Å²) < 4.78 is 5.53. The number of nitrogens with one attached hydrogen (secondary N) is 1. The largest absolute Gasteiger partial charge is 0.376 e. The van der Waals surface area contributed by atoms with Gasteiger partial charge in [0.25, 0.3) is 5.91 Å². The van der Waals surface area contributed by atoms with Gasteiger partial charge in [-0.2, -0.15) is 0 Å². The van der Waals surface area contributed by atoms with Crippen molar-refractivity contribution in [3.05, 3.63) is 70.3 Å². The molecule has 4 heteroatoms. The SMILES string of the molecule is Cc1ccc(C(=O)c2ccccc2C(=O)NCC2CCCO2)cc1C. The molecule has 0 saturated carbocycles. The Morgan fingerprint density at radius 1 is 1.08 bits per heavy atom. The predicted octanol–water partition coefficient (Wildman–Crippen LogP) is 3.44. The summed E-state index contributed by atoms with van der Waals surface area (Å²) in [6.07, 6.45) is 2.07. The van der Waals surface area contributed by atoms with Crippen LogP contribution in [0.5, 0.6) is 0 Å². The Morgan fingerprint density at radius 2 is 1.84 bits per heavy atom. The molecule has 1 aliphatic heterocycles. The Morgan fingerprint density at radius 3 is 2.52 bits per heavy atom. The van der Waals surface area contributed by atoms with Crippen molar-refractivity contribution in [1.82, 2.24) is 5.32 Å².